The number of fused-ring (bicyclic) bond motifs is 5. The summed E-state index contributed by atoms with van der Waals surface area (Å²) in [6.45, 7) is 1.95. The van der Waals surface area contributed by atoms with Crippen molar-refractivity contribution in [1.29, 1.82) is 0 Å². The number of carbonyl (C=O) groups excluding carboxylic acids is 3. The quantitative estimate of drug-likeness (QED) is 0.186. The van der Waals surface area contributed by atoms with E-state index < -0.39 is 29.2 Å². The van der Waals surface area contributed by atoms with Crippen molar-refractivity contribution in [3.05, 3.63) is 141 Å². The maximum Gasteiger partial charge on any atom is 0.185 e. The minimum atomic E-state index is -1.58. The number of hydrogen-bond donors (Lipinski definition) is 0. The van der Waals surface area contributed by atoms with E-state index in [1.807, 2.05) is 48.2 Å². The van der Waals surface area contributed by atoms with Gasteiger partial charge < -0.3 is 4.90 Å². The van der Waals surface area contributed by atoms with Crippen molar-refractivity contribution >= 4 is 45.0 Å². The zero-order valence-electron chi connectivity index (χ0n) is 21.5. The number of nitrogens with zero attached hydrogens (tertiary/aromatic N) is 1. The summed E-state index contributed by atoms with van der Waals surface area (Å²) < 4.78 is 15.2. The number of carbonyl (C=O) groups is 3. The molecule has 3 unspecified atom stereocenters. The largest absolute Gasteiger partial charge is 0.352 e. The molecular weight excluding hydrogens is 569 g/mol. The number of benzene rings is 4. The molecule has 0 N–H and O–H groups in total. The van der Waals surface area contributed by atoms with Gasteiger partial charge in [0.15, 0.2) is 17.3 Å². The number of rotatable bonds is 3. The molecule has 0 saturated carbocycles. The highest BCUT2D eigenvalue weighted by molar-refractivity contribution is 9.10. The lowest BCUT2D eigenvalue weighted by Gasteiger charge is -2.37. The fraction of sp³-hybridized carbons (Fsp3) is 0.147. The van der Waals surface area contributed by atoms with E-state index in [0.717, 1.165) is 15.6 Å². The van der Waals surface area contributed by atoms with Gasteiger partial charge in [0.2, 0.25) is 0 Å². The van der Waals surface area contributed by atoms with Gasteiger partial charge in [-0.15, -0.1) is 0 Å². The molecule has 2 heterocycles. The van der Waals surface area contributed by atoms with Crippen LogP contribution in [-0.2, 0) is 0 Å². The molecule has 1 aliphatic carbocycles. The van der Waals surface area contributed by atoms with E-state index in [1.165, 1.54) is 12.1 Å². The zero-order valence-corrected chi connectivity index (χ0v) is 23.1. The molecule has 196 valence electrons. The number of halogens is 2. The first-order valence-corrected chi connectivity index (χ1v) is 13.9. The maximum atomic E-state index is 14.6. The molecule has 2 aliphatic heterocycles. The number of anilines is 1. The standard InChI is InChI=1S/C34H23BrFNO3/c1-19-6-8-21(9-7-19)31(38)30-29(20-10-13-23(35)14-11-20)34(32(39)25-4-2-3-5-26(25)33(34)40)28-17-12-22-18-24(36)15-16-27(22)37(28)30/h2-18,28-30H,1H3. The van der Waals surface area contributed by atoms with Gasteiger partial charge in [0.25, 0.3) is 0 Å². The fourth-order valence-corrected chi connectivity index (χ4v) is 7.14. The Morgan fingerprint density at radius 2 is 1.52 bits per heavy atom. The van der Waals surface area contributed by atoms with Crippen molar-refractivity contribution in [1.82, 2.24) is 0 Å². The summed E-state index contributed by atoms with van der Waals surface area (Å²) >= 11 is 3.49. The summed E-state index contributed by atoms with van der Waals surface area (Å²) in [5.74, 6) is -1.97. The Kier molecular flexibility index (Phi) is 5.55. The predicted octanol–water partition coefficient (Wildman–Crippen LogP) is 7.21. The van der Waals surface area contributed by atoms with E-state index in [9.17, 15) is 18.8 Å². The van der Waals surface area contributed by atoms with Crippen LogP contribution in [0.4, 0.5) is 10.1 Å². The van der Waals surface area contributed by atoms with Crippen LogP contribution in [0.15, 0.2) is 102 Å². The van der Waals surface area contributed by atoms with Crippen LogP contribution in [0.25, 0.3) is 6.08 Å². The molecule has 1 spiro atoms. The summed E-state index contributed by atoms with van der Waals surface area (Å²) in [6, 6.07) is 24.5. The summed E-state index contributed by atoms with van der Waals surface area (Å²) in [4.78, 5) is 45.7. The van der Waals surface area contributed by atoms with E-state index >= 15 is 0 Å². The van der Waals surface area contributed by atoms with Crippen LogP contribution in [0.1, 0.15) is 53.7 Å². The van der Waals surface area contributed by atoms with Gasteiger partial charge in [-0.1, -0.05) is 94.3 Å². The minimum absolute atomic E-state index is 0.197. The van der Waals surface area contributed by atoms with Crippen molar-refractivity contribution in [3.8, 4) is 0 Å². The minimum Gasteiger partial charge on any atom is -0.352 e. The first kappa shape index (κ1) is 24.9. The van der Waals surface area contributed by atoms with E-state index in [0.29, 0.717) is 27.9 Å². The monoisotopic (exact) mass is 591 g/mol. The summed E-state index contributed by atoms with van der Waals surface area (Å²) in [7, 11) is 0. The summed E-state index contributed by atoms with van der Waals surface area (Å²) in [5, 5.41) is 0. The van der Waals surface area contributed by atoms with E-state index in [2.05, 4.69) is 15.9 Å². The van der Waals surface area contributed by atoms with Crippen molar-refractivity contribution in [2.75, 3.05) is 4.90 Å². The number of Topliss-reactive ketones (excluding diaryl/α,β-unsaturated/α-hetero) is 3. The van der Waals surface area contributed by atoms with Crippen LogP contribution in [0.3, 0.4) is 0 Å². The number of aryl methyl sites for hydroxylation is 1. The molecular formula is C34H23BrFNO3. The molecule has 4 aromatic rings. The molecule has 4 nitrogen and oxygen atoms in total. The lowest BCUT2D eigenvalue weighted by atomic mass is 9.64. The Hall–Kier alpha value is -4.16. The molecule has 0 aromatic heterocycles. The second kappa shape index (κ2) is 8.93. The molecule has 1 fully saturated rings. The third-order valence-corrected chi connectivity index (χ3v) is 9.13. The first-order valence-electron chi connectivity index (χ1n) is 13.1. The highest BCUT2D eigenvalue weighted by Crippen LogP contribution is 2.61. The second-order valence-corrected chi connectivity index (χ2v) is 11.6. The van der Waals surface area contributed by atoms with Crippen molar-refractivity contribution in [2.45, 2.75) is 24.9 Å². The maximum absolute atomic E-state index is 14.6. The van der Waals surface area contributed by atoms with Gasteiger partial charge in [-0.25, -0.2) is 4.39 Å². The van der Waals surface area contributed by atoms with Crippen LogP contribution in [0.2, 0.25) is 0 Å². The molecule has 40 heavy (non-hydrogen) atoms. The topological polar surface area (TPSA) is 54.5 Å². The van der Waals surface area contributed by atoms with Gasteiger partial charge in [-0.2, -0.15) is 0 Å². The van der Waals surface area contributed by atoms with Crippen LogP contribution in [0, 0.1) is 18.2 Å². The molecule has 0 radical (unpaired) electrons. The van der Waals surface area contributed by atoms with Crippen LogP contribution in [-0.4, -0.2) is 29.4 Å². The molecule has 3 atom stereocenters. The van der Waals surface area contributed by atoms with Crippen molar-refractivity contribution in [3.63, 3.8) is 0 Å². The predicted molar refractivity (Wildman–Crippen MR) is 155 cm³/mol. The molecule has 4 aromatic carbocycles. The van der Waals surface area contributed by atoms with Crippen molar-refractivity contribution in [2.24, 2.45) is 5.41 Å². The van der Waals surface area contributed by atoms with Gasteiger partial charge in [-0.05, 0) is 42.8 Å². The summed E-state index contributed by atoms with van der Waals surface area (Å²) in [6.07, 6.45) is 3.57. The molecule has 7 rings (SSSR count). The molecule has 1 saturated heterocycles. The third kappa shape index (κ3) is 3.32. The lowest BCUT2D eigenvalue weighted by Crippen LogP contribution is -2.48. The van der Waals surface area contributed by atoms with Crippen LogP contribution < -0.4 is 4.90 Å². The number of hydrogen-bond acceptors (Lipinski definition) is 4. The highest BCUT2D eigenvalue weighted by Gasteiger charge is 2.71. The Balaban J connectivity index is 1.54. The first-order chi connectivity index (χ1) is 19.3. The van der Waals surface area contributed by atoms with E-state index in [1.54, 1.807) is 54.6 Å². The highest BCUT2D eigenvalue weighted by atomic mass is 79.9. The van der Waals surface area contributed by atoms with Gasteiger partial charge in [0.05, 0.1) is 6.04 Å². The van der Waals surface area contributed by atoms with Crippen molar-refractivity contribution < 1.29 is 18.8 Å². The smallest absolute Gasteiger partial charge is 0.185 e. The Morgan fingerprint density at radius 3 is 2.17 bits per heavy atom. The molecule has 0 bridgehead atoms. The normalized spacial score (nSPS) is 21.9. The lowest BCUT2D eigenvalue weighted by molar-refractivity contribution is 0.0666. The third-order valence-electron chi connectivity index (χ3n) is 8.60. The van der Waals surface area contributed by atoms with Crippen LogP contribution in [0.5, 0.6) is 0 Å². The molecule has 3 aliphatic rings. The molecule has 0 amide bonds. The fourth-order valence-electron chi connectivity index (χ4n) is 6.88. The average Bonchev–Trinajstić information content (AvgIpc) is 3.39. The van der Waals surface area contributed by atoms with Crippen LogP contribution >= 0.6 is 15.9 Å². The zero-order chi connectivity index (χ0) is 27.8. The Bertz CT molecular complexity index is 1720. The average molecular weight is 592 g/mol. The SMILES string of the molecule is Cc1ccc(C(=O)C2C(c3ccc(Br)cc3)C3(C(=O)c4ccccc4C3=O)C3C=Cc4cc(F)ccc4N23)cc1. The van der Waals surface area contributed by atoms with Gasteiger partial charge in [0.1, 0.15) is 17.3 Å². The van der Waals surface area contributed by atoms with Gasteiger partial charge in [-0.3, -0.25) is 14.4 Å². The van der Waals surface area contributed by atoms with E-state index in [-0.39, 0.29) is 17.3 Å². The Labute approximate surface area is 239 Å². The van der Waals surface area contributed by atoms with Gasteiger partial charge in [0, 0.05) is 38.3 Å². The second-order valence-electron chi connectivity index (χ2n) is 10.7. The molecule has 6 heteroatoms. The van der Waals surface area contributed by atoms with Gasteiger partial charge >= 0.3 is 0 Å². The number of ketones is 3. The van der Waals surface area contributed by atoms with E-state index in [4.69, 9.17) is 0 Å². The summed E-state index contributed by atoms with van der Waals surface area (Å²) in [5.41, 5.74) is 2.60. The Morgan fingerprint density at radius 1 is 0.875 bits per heavy atom.